The standard InChI is InChI=1S/C12H16BrF2NO2S/c1-7(12(2,3)4)16-19(17,18)11-9(13)5-8(14)6-10(11)15/h5-7,16H,1-4H3. The highest BCUT2D eigenvalue weighted by Crippen LogP contribution is 2.28. The molecule has 0 aliphatic heterocycles. The molecule has 1 aromatic carbocycles. The van der Waals surface area contributed by atoms with Crippen LogP contribution >= 0.6 is 15.9 Å². The lowest BCUT2D eigenvalue weighted by molar-refractivity contribution is 0.317. The molecule has 1 unspecified atom stereocenters. The van der Waals surface area contributed by atoms with Crippen molar-refractivity contribution in [3.05, 3.63) is 28.2 Å². The topological polar surface area (TPSA) is 46.2 Å². The normalized spacial score (nSPS) is 14.5. The van der Waals surface area contributed by atoms with Crippen molar-refractivity contribution >= 4 is 26.0 Å². The second-order valence-corrected chi connectivity index (χ2v) is 7.91. The largest absolute Gasteiger partial charge is 0.244 e. The van der Waals surface area contributed by atoms with Crippen molar-refractivity contribution in [1.82, 2.24) is 4.72 Å². The molecular formula is C12H16BrF2NO2S. The second-order valence-electron chi connectivity index (χ2n) is 5.41. The highest BCUT2D eigenvalue weighted by molar-refractivity contribution is 9.10. The quantitative estimate of drug-likeness (QED) is 0.902. The smallest absolute Gasteiger partial charge is 0.208 e. The molecule has 1 aromatic rings. The van der Waals surface area contributed by atoms with Crippen LogP contribution in [0.4, 0.5) is 8.78 Å². The lowest BCUT2D eigenvalue weighted by Gasteiger charge is -2.28. The zero-order chi connectivity index (χ0) is 15.0. The van der Waals surface area contributed by atoms with E-state index in [-0.39, 0.29) is 9.89 Å². The molecule has 1 rings (SSSR count). The van der Waals surface area contributed by atoms with Gasteiger partial charge in [-0.2, -0.15) is 0 Å². The molecule has 0 fully saturated rings. The molecular weight excluding hydrogens is 340 g/mol. The van der Waals surface area contributed by atoms with E-state index in [1.807, 2.05) is 20.8 Å². The molecule has 0 bridgehead atoms. The van der Waals surface area contributed by atoms with E-state index in [9.17, 15) is 17.2 Å². The van der Waals surface area contributed by atoms with E-state index in [4.69, 9.17) is 0 Å². The highest BCUT2D eigenvalue weighted by atomic mass is 79.9. The number of hydrogen-bond acceptors (Lipinski definition) is 2. The van der Waals surface area contributed by atoms with Crippen LogP contribution in [0.3, 0.4) is 0 Å². The van der Waals surface area contributed by atoms with Gasteiger partial charge in [-0.05, 0) is 34.3 Å². The average molecular weight is 356 g/mol. The van der Waals surface area contributed by atoms with E-state index < -0.39 is 32.6 Å². The van der Waals surface area contributed by atoms with E-state index in [1.54, 1.807) is 6.92 Å². The van der Waals surface area contributed by atoms with Crippen molar-refractivity contribution in [1.29, 1.82) is 0 Å². The summed E-state index contributed by atoms with van der Waals surface area (Å²) in [6.07, 6.45) is 0. The number of nitrogens with one attached hydrogen (secondary N) is 1. The van der Waals surface area contributed by atoms with Crippen LogP contribution in [0.15, 0.2) is 21.5 Å². The van der Waals surface area contributed by atoms with Crippen LogP contribution in [0, 0.1) is 17.0 Å². The molecule has 3 nitrogen and oxygen atoms in total. The van der Waals surface area contributed by atoms with Crippen molar-refractivity contribution in [2.75, 3.05) is 0 Å². The van der Waals surface area contributed by atoms with E-state index >= 15 is 0 Å². The van der Waals surface area contributed by atoms with Crippen LogP contribution in [0.1, 0.15) is 27.7 Å². The fourth-order valence-corrected chi connectivity index (χ4v) is 3.87. The van der Waals surface area contributed by atoms with Crippen molar-refractivity contribution < 1.29 is 17.2 Å². The minimum Gasteiger partial charge on any atom is -0.208 e. The summed E-state index contributed by atoms with van der Waals surface area (Å²) in [6.45, 7) is 7.26. The fourth-order valence-electron chi connectivity index (χ4n) is 1.25. The van der Waals surface area contributed by atoms with Crippen molar-refractivity contribution in [3.63, 3.8) is 0 Å². The number of benzene rings is 1. The first-order chi connectivity index (χ1) is 8.45. The molecule has 0 aliphatic rings. The van der Waals surface area contributed by atoms with E-state index in [0.29, 0.717) is 6.07 Å². The molecule has 0 aromatic heterocycles. The summed E-state index contributed by atoms with van der Waals surface area (Å²) < 4.78 is 53.2. The maximum absolute atomic E-state index is 13.7. The zero-order valence-corrected chi connectivity index (χ0v) is 13.5. The second kappa shape index (κ2) is 5.46. The molecule has 0 saturated heterocycles. The van der Waals surface area contributed by atoms with Crippen LogP contribution < -0.4 is 4.72 Å². The summed E-state index contributed by atoms with van der Waals surface area (Å²) in [5.41, 5.74) is -0.323. The lowest BCUT2D eigenvalue weighted by Crippen LogP contribution is -2.41. The van der Waals surface area contributed by atoms with Gasteiger partial charge in [-0.1, -0.05) is 20.8 Å². The summed E-state index contributed by atoms with van der Waals surface area (Å²) in [5.74, 6) is -1.97. The Bertz CT molecular complexity index is 559. The molecule has 0 spiro atoms. The number of hydrogen-bond donors (Lipinski definition) is 1. The van der Waals surface area contributed by atoms with Crippen LogP contribution in [-0.2, 0) is 10.0 Å². The van der Waals surface area contributed by atoms with Gasteiger partial charge in [0.15, 0.2) is 0 Å². The summed E-state index contributed by atoms with van der Waals surface area (Å²) in [6, 6.07) is 1.05. The maximum Gasteiger partial charge on any atom is 0.244 e. The molecule has 19 heavy (non-hydrogen) atoms. The molecule has 1 N–H and O–H groups in total. The van der Waals surface area contributed by atoms with Crippen LogP contribution in [0.25, 0.3) is 0 Å². The Morgan fingerprint density at radius 2 is 1.79 bits per heavy atom. The Kier molecular flexibility index (Phi) is 4.75. The number of halogens is 3. The van der Waals surface area contributed by atoms with Gasteiger partial charge in [0, 0.05) is 16.6 Å². The van der Waals surface area contributed by atoms with Gasteiger partial charge in [0.05, 0.1) is 0 Å². The molecule has 1 atom stereocenters. The molecule has 0 amide bonds. The lowest BCUT2D eigenvalue weighted by atomic mass is 9.89. The summed E-state index contributed by atoms with van der Waals surface area (Å²) in [5, 5.41) is 0. The summed E-state index contributed by atoms with van der Waals surface area (Å²) in [4.78, 5) is -0.579. The predicted molar refractivity (Wildman–Crippen MR) is 73.3 cm³/mol. The molecule has 0 heterocycles. The van der Waals surface area contributed by atoms with Gasteiger partial charge in [0.2, 0.25) is 10.0 Å². The van der Waals surface area contributed by atoms with Crippen LogP contribution in [-0.4, -0.2) is 14.5 Å². The molecule has 0 aliphatic carbocycles. The third-order valence-corrected chi connectivity index (χ3v) is 5.37. The van der Waals surface area contributed by atoms with Gasteiger partial charge < -0.3 is 0 Å². The molecule has 7 heteroatoms. The fraction of sp³-hybridized carbons (Fsp3) is 0.500. The average Bonchev–Trinajstić information content (AvgIpc) is 2.11. The first kappa shape index (κ1) is 16.5. The Balaban J connectivity index is 3.23. The van der Waals surface area contributed by atoms with Gasteiger partial charge in [0.25, 0.3) is 0 Å². The van der Waals surface area contributed by atoms with Gasteiger partial charge in [-0.3, -0.25) is 0 Å². The monoisotopic (exact) mass is 355 g/mol. The maximum atomic E-state index is 13.7. The van der Waals surface area contributed by atoms with Crippen LogP contribution in [0.2, 0.25) is 0 Å². The van der Waals surface area contributed by atoms with E-state index in [0.717, 1.165) is 6.07 Å². The van der Waals surface area contributed by atoms with Crippen molar-refractivity contribution in [3.8, 4) is 0 Å². The van der Waals surface area contributed by atoms with E-state index in [2.05, 4.69) is 20.7 Å². The van der Waals surface area contributed by atoms with Gasteiger partial charge >= 0.3 is 0 Å². The van der Waals surface area contributed by atoms with Crippen molar-refractivity contribution in [2.24, 2.45) is 5.41 Å². The predicted octanol–water partition coefficient (Wildman–Crippen LogP) is 3.44. The highest BCUT2D eigenvalue weighted by Gasteiger charge is 2.29. The Hall–Kier alpha value is -0.530. The summed E-state index contributed by atoms with van der Waals surface area (Å²) in [7, 11) is -4.06. The minimum absolute atomic E-state index is 0.140. The Morgan fingerprint density at radius 1 is 1.26 bits per heavy atom. The third-order valence-electron chi connectivity index (χ3n) is 2.86. The van der Waals surface area contributed by atoms with Gasteiger partial charge in [0.1, 0.15) is 16.5 Å². The number of sulfonamides is 1. The Labute approximate surface area is 120 Å². The first-order valence-electron chi connectivity index (χ1n) is 5.62. The van der Waals surface area contributed by atoms with Crippen LogP contribution in [0.5, 0.6) is 0 Å². The van der Waals surface area contributed by atoms with E-state index in [1.165, 1.54) is 0 Å². The first-order valence-corrected chi connectivity index (χ1v) is 7.89. The number of rotatable bonds is 3. The Morgan fingerprint density at radius 3 is 2.21 bits per heavy atom. The minimum atomic E-state index is -4.06. The molecule has 0 radical (unpaired) electrons. The molecule has 108 valence electrons. The van der Waals surface area contributed by atoms with Gasteiger partial charge in [-0.15, -0.1) is 0 Å². The third kappa shape index (κ3) is 3.97. The summed E-state index contributed by atoms with van der Waals surface area (Å²) >= 11 is 2.87. The van der Waals surface area contributed by atoms with Crippen molar-refractivity contribution in [2.45, 2.75) is 38.6 Å². The zero-order valence-electron chi connectivity index (χ0n) is 11.1. The van der Waals surface area contributed by atoms with Gasteiger partial charge in [-0.25, -0.2) is 21.9 Å². The SMILES string of the molecule is CC(NS(=O)(=O)c1c(F)cc(F)cc1Br)C(C)(C)C. The molecule has 0 saturated carbocycles.